The molecule has 4 rings (SSSR count). The van der Waals surface area contributed by atoms with Gasteiger partial charge in [0.1, 0.15) is 5.76 Å². The van der Waals surface area contributed by atoms with E-state index < -0.39 is 5.85 Å². The quantitative estimate of drug-likeness (QED) is 0.791. The van der Waals surface area contributed by atoms with Crippen molar-refractivity contribution in [2.75, 3.05) is 14.1 Å². The molecule has 0 aromatic rings. The van der Waals surface area contributed by atoms with Gasteiger partial charge >= 0.3 is 0 Å². The van der Waals surface area contributed by atoms with Crippen LogP contribution in [0, 0.1) is 5.41 Å². The minimum Gasteiger partial charge on any atom is -0.456 e. The van der Waals surface area contributed by atoms with Gasteiger partial charge in [-0.3, -0.25) is 15.0 Å². The van der Waals surface area contributed by atoms with Gasteiger partial charge < -0.3 is 9.64 Å². The van der Waals surface area contributed by atoms with Crippen LogP contribution in [0.1, 0.15) is 51.9 Å². The van der Waals surface area contributed by atoms with Gasteiger partial charge in [-0.15, -0.1) is 0 Å². The van der Waals surface area contributed by atoms with Crippen LogP contribution < -0.4 is 5.32 Å². The largest absolute Gasteiger partial charge is 0.456 e. The van der Waals surface area contributed by atoms with Gasteiger partial charge in [-0.1, -0.05) is 12.5 Å². The number of hydrogen-bond acceptors (Lipinski definition) is 4. The average molecular weight is 329 g/mol. The molecule has 2 fully saturated rings. The second-order valence-electron chi connectivity index (χ2n) is 7.44. The van der Waals surface area contributed by atoms with E-state index in [-0.39, 0.29) is 11.3 Å². The van der Waals surface area contributed by atoms with Gasteiger partial charge in [0.15, 0.2) is 0 Å². The van der Waals surface area contributed by atoms with Crippen LogP contribution in [0.5, 0.6) is 0 Å². The van der Waals surface area contributed by atoms with Crippen LogP contribution in [-0.4, -0.2) is 35.7 Å². The Hall–Kier alpha value is -1.75. The Bertz CT molecular complexity index is 666. The highest BCUT2D eigenvalue weighted by molar-refractivity contribution is 5.73. The van der Waals surface area contributed by atoms with Gasteiger partial charge in [0.25, 0.3) is 0 Å². The first-order chi connectivity index (χ1) is 11.5. The Kier molecular flexibility index (Phi) is 3.53. The van der Waals surface area contributed by atoms with Crippen molar-refractivity contribution >= 4 is 5.91 Å². The maximum absolute atomic E-state index is 12.1. The smallest absolute Gasteiger partial charge is 0.243 e. The molecule has 0 radical (unpaired) electrons. The van der Waals surface area contributed by atoms with Crippen LogP contribution >= 0.6 is 0 Å². The van der Waals surface area contributed by atoms with E-state index in [2.05, 4.69) is 28.7 Å². The maximum atomic E-state index is 12.1. The number of nitrogens with one attached hydrogen (secondary N) is 1. The minimum atomic E-state index is -0.748. The summed E-state index contributed by atoms with van der Waals surface area (Å²) < 4.78 is 6.61. The third-order valence-corrected chi connectivity index (χ3v) is 6.25. The average Bonchev–Trinajstić information content (AvgIpc) is 2.95. The Labute approximate surface area is 144 Å². The number of hydrogen-bond donors (Lipinski definition) is 1. The van der Waals surface area contributed by atoms with Crippen molar-refractivity contribution in [2.24, 2.45) is 5.41 Å². The first-order valence-corrected chi connectivity index (χ1v) is 9.04. The summed E-state index contributed by atoms with van der Waals surface area (Å²) in [6.45, 7) is 1.60. The molecule has 2 atom stereocenters. The van der Waals surface area contributed by atoms with Gasteiger partial charge in [0.2, 0.25) is 11.8 Å². The van der Waals surface area contributed by atoms with Gasteiger partial charge in [0, 0.05) is 32.8 Å². The molecule has 1 aliphatic carbocycles. The molecule has 1 saturated heterocycles. The number of rotatable bonds is 2. The highest BCUT2D eigenvalue weighted by atomic mass is 16.5. The summed E-state index contributed by atoms with van der Waals surface area (Å²) in [7, 11) is 3.73. The number of amides is 1. The zero-order chi connectivity index (χ0) is 16.9. The molecule has 0 bridgehead atoms. The van der Waals surface area contributed by atoms with Crippen LogP contribution in [0.2, 0.25) is 0 Å². The molecule has 3 aliphatic heterocycles. The fraction of sp³-hybridized carbons (Fsp3) is 0.632. The van der Waals surface area contributed by atoms with E-state index in [1.807, 2.05) is 14.1 Å². The number of carbonyl (C=O) groups is 1. The lowest BCUT2D eigenvalue weighted by molar-refractivity contribution is -0.157. The molecule has 0 aromatic carbocycles. The lowest BCUT2D eigenvalue weighted by atomic mass is 9.65. The fourth-order valence-electron chi connectivity index (χ4n) is 4.81. The lowest BCUT2D eigenvalue weighted by Crippen LogP contribution is -2.57. The van der Waals surface area contributed by atoms with Crippen molar-refractivity contribution in [3.8, 4) is 0 Å². The zero-order valence-electron chi connectivity index (χ0n) is 14.9. The standard InChI is InChI=1S/C19H27N3O2/c1-14(23)21(3)19(20-2)13-18-10-6-4-8-15(18)12-22-11-7-5-9-16(22)17(18)24-19/h7,11-12,20H,4-6,8-10,13H2,1-3H3. The lowest BCUT2D eigenvalue weighted by Gasteiger charge is -2.42. The summed E-state index contributed by atoms with van der Waals surface area (Å²) in [5.41, 5.74) is 2.70. The molecule has 1 amide bonds. The van der Waals surface area contributed by atoms with Gasteiger partial charge in [-0.2, -0.15) is 0 Å². The number of ether oxygens (including phenoxy) is 1. The number of allylic oxidation sites excluding steroid dienone is 3. The predicted molar refractivity (Wildman–Crippen MR) is 92.2 cm³/mol. The zero-order valence-corrected chi connectivity index (χ0v) is 14.9. The highest BCUT2D eigenvalue weighted by Crippen LogP contribution is 2.61. The molecule has 4 aliphatic rings. The summed E-state index contributed by atoms with van der Waals surface area (Å²) in [6, 6.07) is 0. The SMILES string of the molecule is CNC1(N(C)C(C)=O)CC23CCCCC2=CN2C=CCCC2=C3O1. The van der Waals surface area contributed by atoms with Crippen molar-refractivity contribution in [3.05, 3.63) is 35.5 Å². The second-order valence-corrected chi connectivity index (χ2v) is 7.44. The second kappa shape index (κ2) is 5.38. The molecular formula is C19H27N3O2. The van der Waals surface area contributed by atoms with Crippen molar-refractivity contribution in [3.63, 3.8) is 0 Å². The van der Waals surface area contributed by atoms with Crippen LogP contribution in [-0.2, 0) is 9.53 Å². The van der Waals surface area contributed by atoms with Gasteiger partial charge in [0.05, 0.1) is 11.1 Å². The summed E-state index contributed by atoms with van der Waals surface area (Å²) in [5, 5.41) is 3.32. The summed E-state index contributed by atoms with van der Waals surface area (Å²) in [6.07, 6.45) is 14.3. The third-order valence-electron chi connectivity index (χ3n) is 6.25. The monoisotopic (exact) mass is 329 g/mol. The molecule has 2 unspecified atom stereocenters. The summed E-state index contributed by atoms with van der Waals surface area (Å²) in [5.74, 6) is 0.375. The number of fused-ring (bicyclic) bond motifs is 1. The third kappa shape index (κ3) is 2.00. The Morgan fingerprint density at radius 3 is 2.96 bits per heavy atom. The normalized spacial score (nSPS) is 34.1. The highest BCUT2D eigenvalue weighted by Gasteiger charge is 2.60. The number of carbonyl (C=O) groups excluding carboxylic acids is 1. The maximum Gasteiger partial charge on any atom is 0.243 e. The van der Waals surface area contributed by atoms with Crippen LogP contribution in [0.3, 0.4) is 0 Å². The Morgan fingerprint density at radius 1 is 1.38 bits per heavy atom. The molecule has 5 heteroatoms. The molecule has 24 heavy (non-hydrogen) atoms. The first kappa shape index (κ1) is 15.8. The molecule has 0 aromatic heterocycles. The van der Waals surface area contributed by atoms with Gasteiger partial charge in [-0.05, 0) is 44.7 Å². The van der Waals surface area contributed by atoms with Crippen molar-refractivity contribution in [2.45, 2.75) is 57.7 Å². The van der Waals surface area contributed by atoms with Gasteiger partial charge in [-0.25, -0.2) is 0 Å². The topological polar surface area (TPSA) is 44.8 Å². The van der Waals surface area contributed by atoms with Crippen molar-refractivity contribution in [1.82, 2.24) is 15.1 Å². The predicted octanol–water partition coefficient (Wildman–Crippen LogP) is 3.04. The van der Waals surface area contributed by atoms with E-state index in [4.69, 9.17) is 4.74 Å². The van der Waals surface area contributed by atoms with Crippen molar-refractivity contribution < 1.29 is 9.53 Å². The first-order valence-electron chi connectivity index (χ1n) is 9.04. The molecule has 3 heterocycles. The van der Waals surface area contributed by atoms with E-state index in [1.165, 1.54) is 24.1 Å². The minimum absolute atomic E-state index is 0.0201. The van der Waals surface area contributed by atoms with E-state index >= 15 is 0 Å². The van der Waals surface area contributed by atoms with E-state index in [1.54, 1.807) is 11.8 Å². The molecule has 5 nitrogen and oxygen atoms in total. The molecule has 130 valence electrons. The fourth-order valence-corrected chi connectivity index (χ4v) is 4.81. The van der Waals surface area contributed by atoms with Crippen LogP contribution in [0.15, 0.2) is 35.5 Å². The molecule has 1 saturated carbocycles. The Morgan fingerprint density at radius 2 is 2.21 bits per heavy atom. The van der Waals surface area contributed by atoms with E-state index in [9.17, 15) is 4.79 Å². The molecular weight excluding hydrogens is 302 g/mol. The van der Waals surface area contributed by atoms with E-state index in [0.29, 0.717) is 0 Å². The summed E-state index contributed by atoms with van der Waals surface area (Å²) in [4.78, 5) is 16.1. The number of nitrogens with zero attached hydrogens (tertiary/aromatic N) is 2. The van der Waals surface area contributed by atoms with Crippen LogP contribution in [0.4, 0.5) is 0 Å². The van der Waals surface area contributed by atoms with Crippen LogP contribution in [0.25, 0.3) is 0 Å². The summed E-state index contributed by atoms with van der Waals surface area (Å²) >= 11 is 0. The van der Waals surface area contributed by atoms with Crippen molar-refractivity contribution in [1.29, 1.82) is 0 Å². The molecule has 1 spiro atoms. The Balaban J connectivity index is 1.85. The molecule has 1 N–H and O–H groups in total. The van der Waals surface area contributed by atoms with E-state index in [0.717, 1.165) is 37.9 Å².